The molecule has 1 nitrogen and oxygen atoms in total. The van der Waals surface area contributed by atoms with Crippen LogP contribution in [0.3, 0.4) is 0 Å². The van der Waals surface area contributed by atoms with Crippen molar-refractivity contribution >= 4 is 0 Å². The van der Waals surface area contributed by atoms with Crippen LogP contribution < -0.4 is 4.74 Å². The van der Waals surface area contributed by atoms with Crippen molar-refractivity contribution in [1.82, 2.24) is 0 Å². The third-order valence-electron chi connectivity index (χ3n) is 3.95. The Morgan fingerprint density at radius 2 is 1.86 bits per heavy atom. The summed E-state index contributed by atoms with van der Waals surface area (Å²) in [6.07, 6.45) is 1.03. The Labute approximate surface area is 131 Å². The molecule has 0 fully saturated rings. The SMILES string of the molecule is CC#CC(C)C(C)c1cc(C(C)(C)C)ccc1OCCC. The molecule has 1 aromatic rings. The highest BCUT2D eigenvalue weighted by Crippen LogP contribution is 2.35. The molecule has 0 spiro atoms. The Balaban J connectivity index is 3.23. The number of ether oxygens (including phenoxy) is 1. The zero-order valence-electron chi connectivity index (χ0n) is 14.7. The van der Waals surface area contributed by atoms with Crippen LogP contribution in [-0.4, -0.2) is 6.61 Å². The first-order valence-corrected chi connectivity index (χ1v) is 8.00. The molecule has 0 radical (unpaired) electrons. The minimum Gasteiger partial charge on any atom is -0.493 e. The van der Waals surface area contributed by atoms with Crippen molar-refractivity contribution in [2.75, 3.05) is 6.61 Å². The average Bonchev–Trinajstić information content (AvgIpc) is 2.43. The molecule has 1 heteroatoms. The molecule has 0 bridgehead atoms. The van der Waals surface area contributed by atoms with Gasteiger partial charge < -0.3 is 4.74 Å². The van der Waals surface area contributed by atoms with Crippen LogP contribution in [0, 0.1) is 17.8 Å². The van der Waals surface area contributed by atoms with Gasteiger partial charge in [-0.15, -0.1) is 5.92 Å². The molecule has 0 saturated carbocycles. The zero-order chi connectivity index (χ0) is 16.0. The molecule has 0 aromatic heterocycles. The van der Waals surface area contributed by atoms with Crippen LogP contribution in [0.1, 0.15) is 71.9 Å². The van der Waals surface area contributed by atoms with E-state index in [0.29, 0.717) is 11.8 Å². The first kappa shape index (κ1) is 17.6. The molecule has 21 heavy (non-hydrogen) atoms. The van der Waals surface area contributed by atoms with E-state index in [1.165, 1.54) is 11.1 Å². The van der Waals surface area contributed by atoms with E-state index >= 15 is 0 Å². The summed E-state index contributed by atoms with van der Waals surface area (Å²) in [6.45, 7) is 16.0. The van der Waals surface area contributed by atoms with Gasteiger partial charge in [-0.25, -0.2) is 0 Å². The molecule has 1 rings (SSSR count). The van der Waals surface area contributed by atoms with Gasteiger partial charge in [-0.1, -0.05) is 59.6 Å². The fraction of sp³-hybridized carbons (Fsp3) is 0.600. The fourth-order valence-electron chi connectivity index (χ4n) is 2.34. The van der Waals surface area contributed by atoms with E-state index in [2.05, 4.69) is 71.6 Å². The molecule has 0 aliphatic rings. The van der Waals surface area contributed by atoms with E-state index in [1.54, 1.807) is 0 Å². The summed E-state index contributed by atoms with van der Waals surface area (Å²) in [5.74, 6) is 8.03. The molecule has 0 aliphatic heterocycles. The Kier molecular flexibility index (Phi) is 6.34. The van der Waals surface area contributed by atoms with E-state index in [1.807, 2.05) is 6.92 Å². The normalized spacial score (nSPS) is 14.0. The maximum atomic E-state index is 5.96. The highest BCUT2D eigenvalue weighted by molar-refractivity contribution is 5.42. The van der Waals surface area contributed by atoms with Crippen LogP contribution in [0.4, 0.5) is 0 Å². The van der Waals surface area contributed by atoms with E-state index in [4.69, 9.17) is 4.74 Å². The van der Waals surface area contributed by atoms with Gasteiger partial charge in [0.05, 0.1) is 6.61 Å². The van der Waals surface area contributed by atoms with Crippen molar-refractivity contribution < 1.29 is 4.74 Å². The van der Waals surface area contributed by atoms with Crippen LogP contribution in [-0.2, 0) is 5.41 Å². The maximum Gasteiger partial charge on any atom is 0.122 e. The van der Waals surface area contributed by atoms with Crippen LogP contribution in [0.15, 0.2) is 18.2 Å². The molecule has 0 saturated heterocycles. The van der Waals surface area contributed by atoms with Crippen molar-refractivity contribution in [1.29, 1.82) is 0 Å². The summed E-state index contributed by atoms with van der Waals surface area (Å²) in [6, 6.07) is 6.63. The Morgan fingerprint density at radius 1 is 1.19 bits per heavy atom. The molecular formula is C20H30O. The molecular weight excluding hydrogens is 256 g/mol. The van der Waals surface area contributed by atoms with Gasteiger partial charge in [0.2, 0.25) is 0 Å². The summed E-state index contributed by atoms with van der Waals surface area (Å²) in [7, 11) is 0. The summed E-state index contributed by atoms with van der Waals surface area (Å²) in [5.41, 5.74) is 2.79. The smallest absolute Gasteiger partial charge is 0.122 e. The van der Waals surface area contributed by atoms with Crippen LogP contribution in [0.5, 0.6) is 5.75 Å². The minimum absolute atomic E-state index is 0.150. The van der Waals surface area contributed by atoms with Gasteiger partial charge in [-0.2, -0.15) is 0 Å². The van der Waals surface area contributed by atoms with E-state index in [0.717, 1.165) is 18.8 Å². The summed E-state index contributed by atoms with van der Waals surface area (Å²) >= 11 is 0. The molecule has 0 heterocycles. The highest BCUT2D eigenvalue weighted by atomic mass is 16.5. The predicted octanol–water partition coefficient (Wildman–Crippen LogP) is 5.54. The van der Waals surface area contributed by atoms with Crippen molar-refractivity contribution in [2.45, 2.75) is 66.2 Å². The van der Waals surface area contributed by atoms with Crippen LogP contribution in [0.2, 0.25) is 0 Å². The maximum absolute atomic E-state index is 5.96. The monoisotopic (exact) mass is 286 g/mol. The van der Waals surface area contributed by atoms with Crippen molar-refractivity contribution in [3.8, 4) is 17.6 Å². The quantitative estimate of drug-likeness (QED) is 0.646. The van der Waals surface area contributed by atoms with Gasteiger partial charge in [0.15, 0.2) is 0 Å². The first-order valence-electron chi connectivity index (χ1n) is 8.00. The summed E-state index contributed by atoms with van der Waals surface area (Å²) < 4.78 is 5.96. The third-order valence-corrected chi connectivity index (χ3v) is 3.95. The zero-order valence-corrected chi connectivity index (χ0v) is 14.7. The lowest BCUT2D eigenvalue weighted by Gasteiger charge is -2.25. The van der Waals surface area contributed by atoms with Gasteiger partial charge in [0, 0.05) is 5.92 Å². The largest absolute Gasteiger partial charge is 0.493 e. The molecule has 1 aromatic carbocycles. The van der Waals surface area contributed by atoms with Gasteiger partial charge in [-0.3, -0.25) is 0 Å². The van der Waals surface area contributed by atoms with Crippen molar-refractivity contribution in [3.05, 3.63) is 29.3 Å². The molecule has 0 amide bonds. The molecule has 0 aliphatic carbocycles. The second-order valence-electron chi connectivity index (χ2n) is 6.82. The second kappa shape index (κ2) is 7.55. The number of benzene rings is 1. The van der Waals surface area contributed by atoms with E-state index in [9.17, 15) is 0 Å². The van der Waals surface area contributed by atoms with E-state index < -0.39 is 0 Å². The highest BCUT2D eigenvalue weighted by Gasteiger charge is 2.21. The van der Waals surface area contributed by atoms with Gasteiger partial charge in [0.25, 0.3) is 0 Å². The second-order valence-corrected chi connectivity index (χ2v) is 6.82. The average molecular weight is 286 g/mol. The van der Waals surface area contributed by atoms with Gasteiger partial charge in [0.1, 0.15) is 5.75 Å². The van der Waals surface area contributed by atoms with Gasteiger partial charge in [-0.05, 0) is 41.9 Å². The van der Waals surface area contributed by atoms with Crippen molar-refractivity contribution in [2.24, 2.45) is 5.92 Å². The predicted molar refractivity (Wildman–Crippen MR) is 92.0 cm³/mol. The van der Waals surface area contributed by atoms with Crippen LogP contribution >= 0.6 is 0 Å². The summed E-state index contributed by atoms with van der Waals surface area (Å²) in [4.78, 5) is 0. The molecule has 2 unspecified atom stereocenters. The first-order chi connectivity index (χ1) is 9.81. The van der Waals surface area contributed by atoms with Crippen molar-refractivity contribution in [3.63, 3.8) is 0 Å². The minimum atomic E-state index is 0.150. The fourth-order valence-corrected chi connectivity index (χ4v) is 2.34. The lowest BCUT2D eigenvalue weighted by atomic mass is 9.82. The Morgan fingerprint density at radius 3 is 2.38 bits per heavy atom. The number of hydrogen-bond acceptors (Lipinski definition) is 1. The molecule has 116 valence electrons. The molecule has 0 N–H and O–H groups in total. The number of rotatable bonds is 5. The summed E-state index contributed by atoms with van der Waals surface area (Å²) in [5, 5.41) is 0. The Bertz CT molecular complexity index is 511. The van der Waals surface area contributed by atoms with E-state index in [-0.39, 0.29) is 5.41 Å². The lowest BCUT2D eigenvalue weighted by molar-refractivity contribution is 0.310. The van der Waals surface area contributed by atoms with Gasteiger partial charge >= 0.3 is 0 Å². The van der Waals surface area contributed by atoms with Crippen LogP contribution in [0.25, 0.3) is 0 Å². The Hall–Kier alpha value is -1.42. The third kappa shape index (κ3) is 4.81. The topological polar surface area (TPSA) is 9.23 Å². The standard InChI is InChI=1S/C20H30O/c1-8-10-15(3)16(4)18-14-17(20(5,6)7)11-12-19(18)21-13-9-2/h11-12,14-16H,9,13H2,1-7H3. The lowest BCUT2D eigenvalue weighted by Crippen LogP contribution is -2.14. The molecule has 2 atom stereocenters. The number of hydrogen-bond donors (Lipinski definition) is 0.